The van der Waals surface area contributed by atoms with Crippen LogP contribution in [-0.2, 0) is 22.6 Å². The number of rotatable bonds is 5. The smallest absolute Gasteiger partial charge is 0.326 e. The number of nitrogens with zero attached hydrogens (tertiary/aromatic N) is 1. The molecule has 1 aromatic carbocycles. The van der Waals surface area contributed by atoms with Crippen molar-refractivity contribution in [2.45, 2.75) is 96.9 Å². The van der Waals surface area contributed by atoms with E-state index in [9.17, 15) is 29.7 Å². The number of ether oxygens (including phenoxy) is 1. The number of carboxylic acids is 2. The molecule has 4 N–H and O–H groups in total. The monoisotopic (exact) mass is 515 g/mol. The number of carbonyl (C=O) groups is 3. The van der Waals surface area contributed by atoms with Gasteiger partial charge < -0.3 is 30.1 Å². The molecule has 4 aliphatic rings. The molecule has 0 radical (unpaired) electrons. The van der Waals surface area contributed by atoms with Gasteiger partial charge in [-0.25, -0.2) is 4.79 Å². The van der Waals surface area contributed by atoms with Crippen LogP contribution in [0, 0.1) is 22.7 Å². The number of benzene rings is 1. The van der Waals surface area contributed by atoms with Crippen LogP contribution in [0.4, 0.5) is 0 Å². The predicted octanol–water partition coefficient (Wildman–Crippen LogP) is 3.57. The second kappa shape index (κ2) is 8.35. The molecule has 0 saturated heterocycles. The Hall–Kier alpha value is -2.81. The Balaban J connectivity index is 1.55. The summed E-state index contributed by atoms with van der Waals surface area (Å²) in [6, 6.07) is 0.122. The van der Waals surface area contributed by atoms with Crippen LogP contribution in [0.25, 0.3) is 0 Å². The minimum Gasteiger partial charge on any atom is -0.508 e. The molecular weight excluding hydrogens is 478 g/mol. The van der Waals surface area contributed by atoms with Crippen LogP contribution in [0.15, 0.2) is 6.07 Å². The van der Waals surface area contributed by atoms with Crippen molar-refractivity contribution in [3.05, 3.63) is 22.8 Å². The molecule has 37 heavy (non-hydrogen) atoms. The summed E-state index contributed by atoms with van der Waals surface area (Å²) in [5.74, 6) is -2.14. The van der Waals surface area contributed by atoms with Crippen molar-refractivity contribution >= 4 is 17.8 Å². The van der Waals surface area contributed by atoms with Crippen LogP contribution >= 0.6 is 0 Å². The van der Waals surface area contributed by atoms with E-state index >= 15 is 0 Å². The average Bonchev–Trinajstić information content (AvgIpc) is 3.36. The lowest BCUT2D eigenvalue weighted by molar-refractivity contribution is -0.210. The number of phenolic OH excluding ortho intramolecular Hbond substituents is 1. The Kier molecular flexibility index (Phi) is 5.83. The van der Waals surface area contributed by atoms with Gasteiger partial charge in [0.15, 0.2) is 0 Å². The molecule has 2 aliphatic heterocycles. The van der Waals surface area contributed by atoms with Crippen molar-refractivity contribution in [1.29, 1.82) is 0 Å². The Labute approximate surface area is 216 Å². The van der Waals surface area contributed by atoms with Gasteiger partial charge in [-0.3, -0.25) is 9.59 Å². The van der Waals surface area contributed by atoms with Crippen LogP contribution in [-0.4, -0.2) is 60.9 Å². The standard InChI is InChI=1S/C28H37NO8/c1-14-5-7-20-26(2,3)21(31)9-10-27(20,4)28(14)12-16-19(30)11-15-17(23(16)37-28)13-29(24(15)34)18(25(35)36)6-8-22(32)33/h11,14,18,20-21,30-31H,5-10,12-13H2,1-4H3,(H,32,33)(H,35,36)/t14-,18-,20-,21-,27+,28-/m1/s1. The van der Waals surface area contributed by atoms with Gasteiger partial charge in [-0.2, -0.15) is 0 Å². The number of carbonyl (C=O) groups excluding carboxylic acids is 1. The fraction of sp³-hybridized carbons (Fsp3) is 0.679. The number of fused-ring (bicyclic) bond motifs is 5. The lowest BCUT2D eigenvalue weighted by atomic mass is 9.43. The Morgan fingerprint density at radius 3 is 2.51 bits per heavy atom. The van der Waals surface area contributed by atoms with Gasteiger partial charge in [-0.05, 0) is 55.4 Å². The number of aliphatic carboxylic acids is 2. The van der Waals surface area contributed by atoms with E-state index < -0.39 is 35.6 Å². The van der Waals surface area contributed by atoms with Gasteiger partial charge in [0.1, 0.15) is 23.1 Å². The molecule has 5 rings (SSSR count). The number of amides is 1. The van der Waals surface area contributed by atoms with Gasteiger partial charge in [0.05, 0.1) is 18.2 Å². The molecule has 2 saturated carbocycles. The second-order valence-electron chi connectivity index (χ2n) is 12.4. The van der Waals surface area contributed by atoms with E-state index in [1.807, 2.05) is 0 Å². The van der Waals surface area contributed by atoms with Crippen LogP contribution in [0.5, 0.6) is 11.5 Å². The first kappa shape index (κ1) is 25.8. The third-order valence-corrected chi connectivity index (χ3v) is 10.4. The maximum Gasteiger partial charge on any atom is 0.326 e. The zero-order valence-electron chi connectivity index (χ0n) is 21.9. The summed E-state index contributed by atoms with van der Waals surface area (Å²) in [4.78, 5) is 37.6. The number of carboxylic acid groups (broad SMARTS) is 2. The van der Waals surface area contributed by atoms with Gasteiger partial charge >= 0.3 is 11.9 Å². The molecular formula is C28H37NO8. The van der Waals surface area contributed by atoms with Crippen LogP contribution in [0.3, 0.4) is 0 Å². The Morgan fingerprint density at radius 2 is 1.86 bits per heavy atom. The fourth-order valence-electron chi connectivity index (χ4n) is 8.22. The number of aliphatic hydroxyl groups is 1. The highest BCUT2D eigenvalue weighted by Crippen LogP contribution is 2.67. The number of aromatic hydroxyl groups is 1. The average molecular weight is 516 g/mol. The Morgan fingerprint density at radius 1 is 1.16 bits per heavy atom. The van der Waals surface area contributed by atoms with E-state index in [1.54, 1.807) is 0 Å². The minimum atomic E-state index is -1.29. The summed E-state index contributed by atoms with van der Waals surface area (Å²) in [7, 11) is 0. The molecule has 2 fully saturated rings. The summed E-state index contributed by atoms with van der Waals surface area (Å²) in [5.41, 5.74) is 0.202. The molecule has 1 amide bonds. The quantitative estimate of drug-likeness (QED) is 0.466. The number of hydrogen-bond acceptors (Lipinski definition) is 6. The van der Waals surface area contributed by atoms with Crippen LogP contribution < -0.4 is 4.74 Å². The maximum absolute atomic E-state index is 13.3. The summed E-state index contributed by atoms with van der Waals surface area (Å²) in [6.07, 6.45) is 2.83. The van der Waals surface area contributed by atoms with Gasteiger partial charge in [-0.15, -0.1) is 0 Å². The Bertz CT molecular complexity index is 1180. The molecule has 2 heterocycles. The van der Waals surface area contributed by atoms with Crippen molar-refractivity contribution < 1.29 is 39.5 Å². The van der Waals surface area contributed by atoms with Gasteiger partial charge in [0, 0.05) is 29.4 Å². The predicted molar refractivity (Wildman–Crippen MR) is 132 cm³/mol. The van der Waals surface area contributed by atoms with Gasteiger partial charge in [0.2, 0.25) is 0 Å². The van der Waals surface area contributed by atoms with Gasteiger partial charge in [-0.1, -0.05) is 27.7 Å². The van der Waals surface area contributed by atoms with E-state index in [0.29, 0.717) is 29.7 Å². The maximum atomic E-state index is 13.3. The number of phenols is 1. The largest absolute Gasteiger partial charge is 0.508 e. The summed E-state index contributed by atoms with van der Waals surface area (Å²) >= 11 is 0. The molecule has 6 atom stereocenters. The highest BCUT2D eigenvalue weighted by atomic mass is 16.5. The first-order chi connectivity index (χ1) is 17.2. The van der Waals surface area contributed by atoms with Gasteiger partial charge in [0.25, 0.3) is 5.91 Å². The lowest BCUT2D eigenvalue weighted by Crippen LogP contribution is -2.66. The highest BCUT2D eigenvalue weighted by Gasteiger charge is 2.67. The molecule has 0 bridgehead atoms. The van der Waals surface area contributed by atoms with E-state index in [2.05, 4.69) is 27.7 Å². The second-order valence-corrected chi connectivity index (χ2v) is 12.4. The molecule has 1 aromatic rings. The van der Waals surface area contributed by atoms with Crippen molar-refractivity contribution in [3.8, 4) is 11.5 Å². The normalized spacial score (nSPS) is 34.5. The summed E-state index contributed by atoms with van der Waals surface area (Å²) in [6.45, 7) is 8.66. The molecule has 0 aromatic heterocycles. The van der Waals surface area contributed by atoms with E-state index in [1.165, 1.54) is 11.0 Å². The number of aliphatic hydroxyl groups excluding tert-OH is 1. The van der Waals surface area contributed by atoms with Crippen LogP contribution in [0.1, 0.15) is 87.7 Å². The van der Waals surface area contributed by atoms with Crippen molar-refractivity contribution in [3.63, 3.8) is 0 Å². The molecule has 9 nitrogen and oxygen atoms in total. The third-order valence-electron chi connectivity index (χ3n) is 10.4. The number of hydrogen-bond donors (Lipinski definition) is 4. The molecule has 0 unspecified atom stereocenters. The van der Waals surface area contributed by atoms with Crippen molar-refractivity contribution in [2.24, 2.45) is 22.7 Å². The summed E-state index contributed by atoms with van der Waals surface area (Å²) < 4.78 is 6.95. The SMILES string of the molecule is C[C@@H]1CC[C@@H]2C(C)(C)[C@H](O)CC[C@]2(C)[C@@]12Cc1c(O)cc3c(c1O2)CN([C@H](CCC(=O)O)C(=O)O)C3=O. The first-order valence-corrected chi connectivity index (χ1v) is 13.2. The lowest BCUT2D eigenvalue weighted by Gasteiger charge is -2.64. The zero-order chi connectivity index (χ0) is 27.1. The highest BCUT2D eigenvalue weighted by molar-refractivity contribution is 6.02. The zero-order valence-corrected chi connectivity index (χ0v) is 21.9. The van der Waals surface area contributed by atoms with Crippen LogP contribution in [0.2, 0.25) is 0 Å². The van der Waals surface area contributed by atoms with E-state index in [0.717, 1.165) is 19.3 Å². The topological polar surface area (TPSA) is 145 Å². The first-order valence-electron chi connectivity index (χ1n) is 13.2. The van der Waals surface area contributed by atoms with E-state index in [-0.39, 0.29) is 53.4 Å². The fourth-order valence-corrected chi connectivity index (χ4v) is 8.22. The molecule has 2 aliphatic carbocycles. The minimum absolute atomic E-state index is 0.0117. The molecule has 202 valence electrons. The summed E-state index contributed by atoms with van der Waals surface area (Å²) in [5, 5.41) is 40.8. The van der Waals surface area contributed by atoms with Crippen molar-refractivity contribution in [2.75, 3.05) is 0 Å². The molecule has 9 heteroatoms. The molecule has 1 spiro atoms. The van der Waals surface area contributed by atoms with Crippen molar-refractivity contribution in [1.82, 2.24) is 4.90 Å². The third kappa shape index (κ3) is 3.49. The van der Waals surface area contributed by atoms with E-state index in [4.69, 9.17) is 9.84 Å².